The molecule has 2 aromatic carbocycles. The Hall–Kier alpha value is -2.96. The fourth-order valence-electron chi connectivity index (χ4n) is 8.21. The van der Waals surface area contributed by atoms with E-state index in [-0.39, 0.29) is 17.6 Å². The predicted octanol–water partition coefficient (Wildman–Crippen LogP) is 9.83. The molecular weight excluding hydrogens is 624 g/mol. The Bertz CT molecular complexity index is 1420. The summed E-state index contributed by atoms with van der Waals surface area (Å²) < 4.78 is 11.5. The van der Waals surface area contributed by atoms with Gasteiger partial charge >= 0.3 is 11.9 Å². The number of aliphatic hydroxyl groups excluding tert-OH is 2. The molecule has 2 saturated carbocycles. The molecule has 0 aromatic heterocycles. The van der Waals surface area contributed by atoms with Gasteiger partial charge in [0.05, 0.1) is 24.2 Å². The van der Waals surface area contributed by atoms with Crippen molar-refractivity contribution < 1.29 is 29.3 Å². The van der Waals surface area contributed by atoms with E-state index in [0.29, 0.717) is 30.3 Å². The summed E-state index contributed by atoms with van der Waals surface area (Å²) >= 11 is 0. The van der Waals surface area contributed by atoms with Crippen LogP contribution in [0.2, 0.25) is 0 Å². The lowest BCUT2D eigenvalue weighted by atomic mass is 9.62. The van der Waals surface area contributed by atoms with Gasteiger partial charge in [-0.3, -0.25) is 4.79 Å². The van der Waals surface area contributed by atoms with E-state index in [1.165, 1.54) is 75.3 Å². The van der Waals surface area contributed by atoms with Crippen molar-refractivity contribution in [2.75, 3.05) is 13.2 Å². The maximum absolute atomic E-state index is 12.9. The maximum atomic E-state index is 12.9. The molecule has 0 radical (unpaired) electrons. The van der Waals surface area contributed by atoms with Gasteiger partial charge in [0.2, 0.25) is 0 Å². The van der Waals surface area contributed by atoms with E-state index >= 15 is 0 Å². The largest absolute Gasteiger partial charge is 0.426 e. The topological polar surface area (TPSA) is 93.1 Å². The van der Waals surface area contributed by atoms with Crippen LogP contribution in [0.25, 0.3) is 0 Å². The number of carbonyl (C=O) groups excluding carboxylic acids is 2. The molecule has 50 heavy (non-hydrogen) atoms. The van der Waals surface area contributed by atoms with Gasteiger partial charge < -0.3 is 19.7 Å². The molecule has 6 nitrogen and oxygen atoms in total. The number of aliphatic hydroxyl groups is 2. The first kappa shape index (κ1) is 39.8. The second kappa shape index (κ2) is 18.5. The molecule has 0 amide bonds. The van der Waals surface area contributed by atoms with Crippen LogP contribution < -0.4 is 9.47 Å². The van der Waals surface area contributed by atoms with Gasteiger partial charge in [-0.25, -0.2) is 4.79 Å². The number of aryl methyl sites for hydroxylation is 2. The SMILES string of the molecule is C=C(CO)C(=O)Oc1ccc(C2(c3ccc(OC(=O)C(C)(C)CO)c(CC)c3)CCC(CCC3CCC(CCCCC)CC3)CC2)cc1CC. The zero-order valence-electron chi connectivity index (χ0n) is 31.7. The quantitative estimate of drug-likeness (QED) is 0.0744. The van der Waals surface area contributed by atoms with Crippen molar-refractivity contribution in [1.82, 2.24) is 0 Å². The zero-order valence-corrected chi connectivity index (χ0v) is 31.7. The molecule has 6 heteroatoms. The third-order valence-corrected chi connectivity index (χ3v) is 11.9. The van der Waals surface area contributed by atoms with Crippen molar-refractivity contribution in [1.29, 1.82) is 0 Å². The lowest BCUT2D eigenvalue weighted by molar-refractivity contribution is -0.146. The van der Waals surface area contributed by atoms with E-state index in [2.05, 4.69) is 51.6 Å². The van der Waals surface area contributed by atoms with Crippen LogP contribution in [-0.2, 0) is 27.8 Å². The second-order valence-electron chi connectivity index (χ2n) is 15.9. The minimum absolute atomic E-state index is 0.0289. The first-order valence-corrected chi connectivity index (χ1v) is 19.6. The van der Waals surface area contributed by atoms with E-state index in [1.807, 2.05) is 12.1 Å². The molecule has 0 atom stereocenters. The summed E-state index contributed by atoms with van der Waals surface area (Å²) in [4.78, 5) is 25.4. The van der Waals surface area contributed by atoms with Crippen molar-refractivity contribution in [2.24, 2.45) is 23.2 Å². The molecule has 0 unspecified atom stereocenters. The smallest absolute Gasteiger partial charge is 0.341 e. The van der Waals surface area contributed by atoms with Crippen molar-refractivity contribution in [3.63, 3.8) is 0 Å². The molecule has 2 fully saturated rings. The van der Waals surface area contributed by atoms with Crippen LogP contribution in [0.3, 0.4) is 0 Å². The number of unbranched alkanes of at least 4 members (excludes halogenated alkanes) is 2. The van der Waals surface area contributed by atoms with Gasteiger partial charge in [0.15, 0.2) is 0 Å². The summed E-state index contributed by atoms with van der Waals surface area (Å²) in [5, 5.41) is 19.1. The lowest BCUT2D eigenvalue weighted by Crippen LogP contribution is -2.34. The molecule has 0 aliphatic heterocycles. The highest BCUT2D eigenvalue weighted by Gasteiger charge is 2.40. The fraction of sp³-hybridized carbons (Fsp3) is 0.636. The summed E-state index contributed by atoms with van der Waals surface area (Å²) in [5.74, 6) is 2.55. The van der Waals surface area contributed by atoms with Crippen molar-refractivity contribution in [3.05, 3.63) is 70.8 Å². The molecule has 4 rings (SSSR count). The first-order chi connectivity index (χ1) is 24.0. The average Bonchev–Trinajstić information content (AvgIpc) is 3.14. The number of carbonyl (C=O) groups is 2. The van der Waals surface area contributed by atoms with Crippen LogP contribution in [0, 0.1) is 23.2 Å². The van der Waals surface area contributed by atoms with Crippen LogP contribution >= 0.6 is 0 Å². The number of benzene rings is 2. The van der Waals surface area contributed by atoms with Gasteiger partial charge in [0, 0.05) is 5.41 Å². The summed E-state index contributed by atoms with van der Waals surface area (Å²) in [6.45, 7) is 12.7. The number of hydrogen-bond acceptors (Lipinski definition) is 6. The van der Waals surface area contributed by atoms with Gasteiger partial charge in [-0.1, -0.05) is 116 Å². The Morgan fingerprint density at radius 3 is 1.74 bits per heavy atom. The molecule has 276 valence electrons. The van der Waals surface area contributed by atoms with Crippen molar-refractivity contribution in [2.45, 2.75) is 143 Å². The summed E-state index contributed by atoms with van der Waals surface area (Å²) in [6, 6.07) is 12.5. The highest BCUT2D eigenvalue weighted by molar-refractivity contribution is 5.89. The average molecular weight is 689 g/mol. The highest BCUT2D eigenvalue weighted by Crippen LogP contribution is 2.49. The Kier molecular flexibility index (Phi) is 14.7. The summed E-state index contributed by atoms with van der Waals surface area (Å²) in [5.41, 5.74) is 3.16. The first-order valence-electron chi connectivity index (χ1n) is 19.6. The molecule has 2 aliphatic carbocycles. The molecule has 0 spiro atoms. The maximum Gasteiger partial charge on any atom is 0.341 e. The normalized spacial score (nSPS) is 22.6. The van der Waals surface area contributed by atoms with E-state index in [4.69, 9.17) is 9.47 Å². The Morgan fingerprint density at radius 1 is 0.760 bits per heavy atom. The van der Waals surface area contributed by atoms with Gasteiger partial charge in [0.25, 0.3) is 0 Å². The molecule has 2 aromatic rings. The Labute approximate surface area is 302 Å². The molecule has 0 heterocycles. The Balaban J connectivity index is 1.56. The zero-order chi connectivity index (χ0) is 36.3. The summed E-state index contributed by atoms with van der Waals surface area (Å²) in [7, 11) is 0. The van der Waals surface area contributed by atoms with Crippen LogP contribution in [0.1, 0.15) is 147 Å². The van der Waals surface area contributed by atoms with Crippen LogP contribution in [0.5, 0.6) is 11.5 Å². The monoisotopic (exact) mass is 688 g/mol. The van der Waals surface area contributed by atoms with Crippen LogP contribution in [0.15, 0.2) is 48.6 Å². The van der Waals surface area contributed by atoms with Gasteiger partial charge in [-0.2, -0.15) is 0 Å². The molecule has 2 aliphatic rings. The number of rotatable bonds is 17. The van der Waals surface area contributed by atoms with Gasteiger partial charge in [-0.05, 0) is 105 Å². The van der Waals surface area contributed by atoms with Gasteiger partial charge in [-0.15, -0.1) is 0 Å². The number of esters is 2. The molecule has 0 saturated heterocycles. The van der Waals surface area contributed by atoms with E-state index in [0.717, 1.165) is 48.6 Å². The summed E-state index contributed by atoms with van der Waals surface area (Å²) in [6.07, 6.45) is 19.6. The van der Waals surface area contributed by atoms with E-state index < -0.39 is 24.0 Å². The van der Waals surface area contributed by atoms with E-state index in [9.17, 15) is 19.8 Å². The van der Waals surface area contributed by atoms with Crippen molar-refractivity contribution in [3.8, 4) is 11.5 Å². The fourth-order valence-corrected chi connectivity index (χ4v) is 8.21. The van der Waals surface area contributed by atoms with Gasteiger partial charge in [0.1, 0.15) is 11.5 Å². The standard InChI is InChI=1S/C44H64O6/c1-7-10-11-12-32-13-15-33(16-14-32)17-18-34-23-25-44(26-24-34,37-19-21-39(35(8-2)27-37)49-41(47)31(4)29-45)38-20-22-40(36(9-3)28-38)50-42(48)43(5,6)30-46/h19-22,27-28,32-34,45-46H,4,7-18,23-26,29-30H2,1-3,5-6H3. The molecule has 2 N–H and O–H groups in total. The lowest BCUT2D eigenvalue weighted by Gasteiger charge is -2.42. The molecule has 0 bridgehead atoms. The highest BCUT2D eigenvalue weighted by atomic mass is 16.5. The third-order valence-electron chi connectivity index (χ3n) is 11.9. The second-order valence-corrected chi connectivity index (χ2v) is 15.9. The predicted molar refractivity (Wildman–Crippen MR) is 202 cm³/mol. The Morgan fingerprint density at radius 2 is 1.26 bits per heavy atom. The minimum atomic E-state index is -0.984. The molecular formula is C44H64O6. The number of hydrogen-bond donors (Lipinski definition) is 2. The minimum Gasteiger partial charge on any atom is -0.426 e. The number of ether oxygens (including phenoxy) is 2. The van der Waals surface area contributed by atoms with Crippen LogP contribution in [-0.4, -0.2) is 35.4 Å². The van der Waals surface area contributed by atoms with E-state index in [1.54, 1.807) is 13.8 Å². The third kappa shape index (κ3) is 9.88. The van der Waals surface area contributed by atoms with Crippen LogP contribution in [0.4, 0.5) is 0 Å². The van der Waals surface area contributed by atoms with Crippen molar-refractivity contribution >= 4 is 11.9 Å².